The fourth-order valence-corrected chi connectivity index (χ4v) is 3.24. The van der Waals surface area contributed by atoms with Crippen molar-refractivity contribution in [1.29, 1.82) is 0 Å². The van der Waals surface area contributed by atoms with Gasteiger partial charge in [0.25, 0.3) is 0 Å². The summed E-state index contributed by atoms with van der Waals surface area (Å²) in [5.41, 5.74) is -0.0543. The molecule has 2 amide bonds. The van der Waals surface area contributed by atoms with Gasteiger partial charge in [0.05, 0.1) is 5.52 Å². The summed E-state index contributed by atoms with van der Waals surface area (Å²) >= 11 is 3.28. The van der Waals surface area contributed by atoms with E-state index in [1.807, 2.05) is 0 Å². The minimum Gasteiger partial charge on any atom is -0.295 e. The van der Waals surface area contributed by atoms with Gasteiger partial charge in [0.15, 0.2) is 0 Å². The second kappa shape index (κ2) is 4.80. The predicted octanol–water partition coefficient (Wildman–Crippen LogP) is 1.22. The highest BCUT2D eigenvalue weighted by Crippen LogP contribution is 2.29. The van der Waals surface area contributed by atoms with Gasteiger partial charge in [-0.25, -0.2) is 9.18 Å². The molecule has 110 valence electrons. The average molecular weight is 356 g/mol. The fourth-order valence-electron chi connectivity index (χ4n) is 2.65. The Morgan fingerprint density at radius 2 is 2.00 bits per heavy atom. The zero-order valence-corrected chi connectivity index (χ0v) is 12.6. The lowest BCUT2D eigenvalue weighted by molar-refractivity contribution is -0.135. The number of piperidine rings is 1. The van der Waals surface area contributed by atoms with E-state index in [2.05, 4.69) is 21.2 Å². The number of carbonyl (C=O) groups excluding carboxylic acids is 2. The van der Waals surface area contributed by atoms with Gasteiger partial charge in [-0.2, -0.15) is 0 Å². The third-order valence-corrected chi connectivity index (χ3v) is 4.28. The van der Waals surface area contributed by atoms with Gasteiger partial charge in [0, 0.05) is 17.9 Å². The summed E-state index contributed by atoms with van der Waals surface area (Å²) < 4.78 is 17.2. The van der Waals surface area contributed by atoms with Gasteiger partial charge in [-0.05, 0) is 34.5 Å². The summed E-state index contributed by atoms with van der Waals surface area (Å²) in [5, 5.41) is 2.18. The quantitative estimate of drug-likeness (QED) is 0.781. The third kappa shape index (κ3) is 2.01. The highest BCUT2D eigenvalue weighted by molar-refractivity contribution is 9.10. The molecule has 0 spiro atoms. The van der Waals surface area contributed by atoms with Crippen molar-refractivity contribution in [3.8, 4) is 0 Å². The molecule has 1 aromatic heterocycles. The number of hydrogen-bond donors (Lipinski definition) is 1. The summed E-state index contributed by atoms with van der Waals surface area (Å²) in [5.74, 6) is -1.55. The van der Waals surface area contributed by atoms with E-state index in [-0.39, 0.29) is 24.3 Å². The summed E-state index contributed by atoms with van der Waals surface area (Å²) in [4.78, 5) is 35.6. The van der Waals surface area contributed by atoms with E-state index < -0.39 is 23.5 Å². The summed E-state index contributed by atoms with van der Waals surface area (Å²) in [6.07, 6.45) is 0.296. The molecular weight excluding hydrogens is 345 g/mol. The lowest BCUT2D eigenvalue weighted by atomic mass is 10.1. The van der Waals surface area contributed by atoms with Crippen molar-refractivity contribution in [3.63, 3.8) is 0 Å². The van der Waals surface area contributed by atoms with Crippen molar-refractivity contribution in [2.75, 3.05) is 0 Å². The van der Waals surface area contributed by atoms with Gasteiger partial charge in [0.1, 0.15) is 17.4 Å². The van der Waals surface area contributed by atoms with Crippen LogP contribution >= 0.6 is 15.9 Å². The Morgan fingerprint density at radius 1 is 1.29 bits per heavy atom. The van der Waals surface area contributed by atoms with E-state index in [1.54, 1.807) is 0 Å². The first-order chi connectivity index (χ1) is 9.91. The molecule has 6 nitrogen and oxygen atoms in total. The number of nitrogens with one attached hydrogen (secondary N) is 1. The van der Waals surface area contributed by atoms with Crippen molar-refractivity contribution in [1.82, 2.24) is 14.5 Å². The normalized spacial score (nSPS) is 19.1. The SMILES string of the molecule is Cn1c(=O)n(C2CCC(=O)NC2=O)c2c(F)ccc(Br)c21. The van der Waals surface area contributed by atoms with Crippen molar-refractivity contribution >= 4 is 38.8 Å². The standard InChI is InChI=1S/C13H11BrFN3O3/c1-17-10-6(14)2-3-7(15)11(10)18(13(17)21)8-4-5-9(19)16-12(8)20/h2-3,8H,4-5H2,1H3,(H,16,19,20). The molecule has 1 aromatic carbocycles. The van der Waals surface area contributed by atoms with Crippen molar-refractivity contribution < 1.29 is 14.0 Å². The van der Waals surface area contributed by atoms with Gasteiger partial charge < -0.3 is 0 Å². The third-order valence-electron chi connectivity index (χ3n) is 3.64. The van der Waals surface area contributed by atoms with E-state index in [0.717, 1.165) is 4.57 Å². The summed E-state index contributed by atoms with van der Waals surface area (Å²) in [6.45, 7) is 0. The smallest absolute Gasteiger partial charge is 0.295 e. The van der Waals surface area contributed by atoms with Gasteiger partial charge in [-0.3, -0.25) is 24.0 Å². The Hall–Kier alpha value is -1.96. The zero-order valence-electron chi connectivity index (χ0n) is 11.0. The number of nitrogens with zero attached hydrogens (tertiary/aromatic N) is 2. The van der Waals surface area contributed by atoms with Crippen molar-refractivity contribution in [2.45, 2.75) is 18.9 Å². The first-order valence-corrected chi connectivity index (χ1v) is 7.09. The highest BCUT2D eigenvalue weighted by atomic mass is 79.9. The van der Waals surface area contributed by atoms with Crippen LogP contribution in [0.3, 0.4) is 0 Å². The summed E-state index contributed by atoms with van der Waals surface area (Å²) in [6, 6.07) is 1.85. The van der Waals surface area contributed by atoms with E-state index in [9.17, 15) is 18.8 Å². The number of aromatic nitrogens is 2. The van der Waals surface area contributed by atoms with Crippen LogP contribution in [-0.2, 0) is 16.6 Å². The Labute approximate surface area is 126 Å². The number of amides is 2. The highest BCUT2D eigenvalue weighted by Gasteiger charge is 2.32. The minimum absolute atomic E-state index is 0.0615. The van der Waals surface area contributed by atoms with Gasteiger partial charge in [-0.15, -0.1) is 0 Å². The number of imide groups is 1. The summed E-state index contributed by atoms with van der Waals surface area (Å²) in [7, 11) is 1.51. The van der Waals surface area contributed by atoms with Crippen LogP contribution < -0.4 is 11.0 Å². The van der Waals surface area contributed by atoms with Crippen molar-refractivity contribution in [3.05, 3.63) is 32.9 Å². The van der Waals surface area contributed by atoms with Gasteiger partial charge >= 0.3 is 5.69 Å². The van der Waals surface area contributed by atoms with Crippen LogP contribution in [0.5, 0.6) is 0 Å². The molecule has 0 saturated carbocycles. The van der Waals surface area contributed by atoms with Crippen LogP contribution in [0.2, 0.25) is 0 Å². The molecule has 8 heteroatoms. The molecule has 0 aliphatic carbocycles. The van der Waals surface area contributed by atoms with Crippen molar-refractivity contribution in [2.24, 2.45) is 7.05 Å². The molecule has 21 heavy (non-hydrogen) atoms. The molecule has 0 radical (unpaired) electrons. The number of imidazole rings is 1. The number of hydrogen-bond acceptors (Lipinski definition) is 3. The van der Waals surface area contributed by atoms with E-state index in [1.165, 1.54) is 23.7 Å². The Morgan fingerprint density at radius 3 is 2.67 bits per heavy atom. The molecule has 1 fully saturated rings. The molecule has 1 atom stereocenters. The zero-order chi connectivity index (χ0) is 15.3. The minimum atomic E-state index is -0.886. The molecular formula is C13H11BrFN3O3. The first kappa shape index (κ1) is 14.0. The number of rotatable bonds is 1. The fraction of sp³-hybridized carbons (Fsp3) is 0.308. The number of fused-ring (bicyclic) bond motifs is 1. The Kier molecular flexibility index (Phi) is 3.20. The molecule has 1 aliphatic rings. The second-order valence-corrected chi connectivity index (χ2v) is 5.76. The van der Waals surface area contributed by atoms with E-state index in [4.69, 9.17) is 0 Å². The maximum absolute atomic E-state index is 14.2. The number of halogens is 2. The molecule has 0 bridgehead atoms. The second-order valence-electron chi connectivity index (χ2n) is 4.90. The molecule has 1 unspecified atom stereocenters. The van der Waals surface area contributed by atoms with Crippen LogP contribution in [-0.4, -0.2) is 20.9 Å². The lowest BCUT2D eigenvalue weighted by Crippen LogP contribution is -2.44. The molecule has 3 rings (SSSR count). The molecule has 2 heterocycles. The first-order valence-electron chi connectivity index (χ1n) is 6.30. The maximum Gasteiger partial charge on any atom is 0.329 e. The largest absolute Gasteiger partial charge is 0.329 e. The van der Waals surface area contributed by atoms with Crippen LogP contribution in [0.4, 0.5) is 4.39 Å². The van der Waals surface area contributed by atoms with Crippen LogP contribution in [0.25, 0.3) is 11.0 Å². The predicted molar refractivity (Wildman–Crippen MR) is 76.3 cm³/mol. The van der Waals surface area contributed by atoms with Gasteiger partial charge in [0.2, 0.25) is 11.8 Å². The van der Waals surface area contributed by atoms with Gasteiger partial charge in [-0.1, -0.05) is 0 Å². The number of aryl methyl sites for hydroxylation is 1. The molecule has 2 aromatic rings. The Balaban J connectivity index is 2.31. The van der Waals surface area contributed by atoms with Crippen LogP contribution in [0, 0.1) is 5.82 Å². The van der Waals surface area contributed by atoms with E-state index in [0.29, 0.717) is 9.99 Å². The topological polar surface area (TPSA) is 73.1 Å². The Bertz CT molecular complexity index is 839. The number of benzene rings is 1. The lowest BCUT2D eigenvalue weighted by Gasteiger charge is -2.22. The van der Waals surface area contributed by atoms with Crippen LogP contribution in [0.1, 0.15) is 18.9 Å². The monoisotopic (exact) mass is 355 g/mol. The molecule has 1 saturated heterocycles. The van der Waals surface area contributed by atoms with E-state index >= 15 is 0 Å². The average Bonchev–Trinajstić information content (AvgIpc) is 2.69. The van der Waals surface area contributed by atoms with Crippen LogP contribution in [0.15, 0.2) is 21.4 Å². The maximum atomic E-state index is 14.2. The molecule has 1 aliphatic heterocycles. The number of carbonyl (C=O) groups is 2. The molecule has 1 N–H and O–H groups in total.